The molecule has 0 spiro atoms. The number of methoxy groups -OCH3 is 1. The molecule has 0 radical (unpaired) electrons. The lowest BCUT2D eigenvalue weighted by Crippen LogP contribution is -2.19. The second kappa shape index (κ2) is 7.67. The van der Waals surface area contributed by atoms with Gasteiger partial charge in [0, 0.05) is 10.9 Å². The number of anilines is 1. The molecule has 1 heterocycles. The smallest absolute Gasteiger partial charge is 0.497 e. The molecule has 2 aromatic carbocycles. The molecular weight excluding hydrogens is 381 g/mol. The zero-order valence-corrected chi connectivity index (χ0v) is 14.7. The number of nitrogens with one attached hydrogen (secondary N) is 1. The number of hydrogen-bond acceptors (Lipinski definition) is 5. The number of nitrogens with zero attached hydrogens (tertiary/aromatic N) is 1. The number of carbonyl (C=O) groups excluding carboxylic acids is 1. The molecule has 1 N–H and O–H groups in total. The van der Waals surface area contributed by atoms with Crippen molar-refractivity contribution in [1.29, 1.82) is 0 Å². The summed E-state index contributed by atoms with van der Waals surface area (Å²) < 4.78 is 46.4. The van der Waals surface area contributed by atoms with Crippen LogP contribution < -0.4 is 14.8 Å². The fourth-order valence-electron chi connectivity index (χ4n) is 2.21. The standard InChI is InChI=1S/C18H13F3N2O3S/c1-25-12-8-6-11(7-9-12)17-23-14(10-27-17)16(24)22-13-4-2-3-5-15(13)26-18(19,20)21/h2-10H,1H3,(H,22,24). The topological polar surface area (TPSA) is 60.5 Å². The fourth-order valence-corrected chi connectivity index (χ4v) is 3.02. The van der Waals surface area contributed by atoms with Crippen LogP contribution in [-0.4, -0.2) is 24.4 Å². The Labute approximate surface area is 156 Å². The number of halogens is 3. The van der Waals surface area contributed by atoms with Crippen LogP contribution in [-0.2, 0) is 0 Å². The number of aromatic nitrogens is 1. The lowest BCUT2D eigenvalue weighted by Gasteiger charge is -2.13. The van der Waals surface area contributed by atoms with Gasteiger partial charge in [0.2, 0.25) is 0 Å². The monoisotopic (exact) mass is 394 g/mol. The predicted molar refractivity (Wildman–Crippen MR) is 95.2 cm³/mol. The molecule has 0 saturated heterocycles. The Morgan fingerprint density at radius 2 is 1.81 bits per heavy atom. The van der Waals surface area contributed by atoms with Crippen molar-refractivity contribution in [1.82, 2.24) is 4.98 Å². The molecule has 9 heteroatoms. The van der Waals surface area contributed by atoms with Crippen LogP contribution in [0.2, 0.25) is 0 Å². The number of ether oxygens (including phenoxy) is 2. The number of alkyl halides is 3. The van der Waals surface area contributed by atoms with Crippen molar-refractivity contribution in [3.63, 3.8) is 0 Å². The molecule has 0 saturated carbocycles. The Morgan fingerprint density at radius 3 is 2.48 bits per heavy atom. The van der Waals surface area contributed by atoms with Gasteiger partial charge in [-0.15, -0.1) is 24.5 Å². The molecule has 140 valence electrons. The number of benzene rings is 2. The third kappa shape index (κ3) is 4.76. The summed E-state index contributed by atoms with van der Waals surface area (Å²) in [6.07, 6.45) is -4.86. The highest BCUT2D eigenvalue weighted by Gasteiger charge is 2.32. The van der Waals surface area contributed by atoms with E-state index in [-0.39, 0.29) is 11.4 Å². The van der Waals surface area contributed by atoms with E-state index < -0.39 is 18.0 Å². The lowest BCUT2D eigenvalue weighted by molar-refractivity contribution is -0.274. The van der Waals surface area contributed by atoms with E-state index in [2.05, 4.69) is 15.0 Å². The van der Waals surface area contributed by atoms with Crippen LogP contribution in [0.25, 0.3) is 10.6 Å². The molecule has 0 aliphatic heterocycles. The average molecular weight is 394 g/mol. The largest absolute Gasteiger partial charge is 0.573 e. The highest BCUT2D eigenvalue weighted by Crippen LogP contribution is 2.31. The maximum absolute atomic E-state index is 12.5. The highest BCUT2D eigenvalue weighted by molar-refractivity contribution is 7.13. The summed E-state index contributed by atoms with van der Waals surface area (Å²) in [5.74, 6) is -0.442. The van der Waals surface area contributed by atoms with Gasteiger partial charge in [0.15, 0.2) is 5.75 Å². The predicted octanol–water partition coefficient (Wildman–Crippen LogP) is 4.97. The molecule has 1 amide bonds. The fraction of sp³-hybridized carbons (Fsp3) is 0.111. The molecule has 27 heavy (non-hydrogen) atoms. The van der Waals surface area contributed by atoms with Crippen LogP contribution >= 0.6 is 11.3 Å². The van der Waals surface area contributed by atoms with Crippen molar-refractivity contribution < 1.29 is 27.4 Å². The maximum atomic E-state index is 12.5. The van der Waals surface area contributed by atoms with Crippen LogP contribution in [0.4, 0.5) is 18.9 Å². The van der Waals surface area contributed by atoms with Gasteiger partial charge >= 0.3 is 6.36 Å². The van der Waals surface area contributed by atoms with Crippen LogP contribution in [0.3, 0.4) is 0 Å². The van der Waals surface area contributed by atoms with Crippen molar-refractivity contribution in [2.75, 3.05) is 12.4 Å². The number of amides is 1. The van der Waals surface area contributed by atoms with Crippen molar-refractivity contribution in [2.24, 2.45) is 0 Å². The highest BCUT2D eigenvalue weighted by atomic mass is 32.1. The van der Waals surface area contributed by atoms with Crippen LogP contribution in [0.15, 0.2) is 53.9 Å². The van der Waals surface area contributed by atoms with Gasteiger partial charge in [0.1, 0.15) is 16.5 Å². The van der Waals surface area contributed by atoms with Gasteiger partial charge in [-0.05, 0) is 36.4 Å². The summed E-state index contributed by atoms with van der Waals surface area (Å²) in [5.41, 5.74) is 0.784. The van der Waals surface area contributed by atoms with E-state index in [9.17, 15) is 18.0 Å². The first kappa shape index (κ1) is 18.7. The lowest BCUT2D eigenvalue weighted by atomic mass is 10.2. The first-order valence-electron chi connectivity index (χ1n) is 7.62. The van der Waals surface area contributed by atoms with E-state index >= 15 is 0 Å². The Kier molecular flexibility index (Phi) is 5.31. The molecule has 0 aliphatic carbocycles. The molecule has 5 nitrogen and oxygen atoms in total. The zero-order valence-electron chi connectivity index (χ0n) is 13.9. The molecule has 0 bridgehead atoms. The number of para-hydroxylation sites is 2. The van der Waals surface area contributed by atoms with Gasteiger partial charge < -0.3 is 14.8 Å². The van der Waals surface area contributed by atoms with Gasteiger partial charge in [-0.25, -0.2) is 4.98 Å². The van der Waals surface area contributed by atoms with E-state index in [0.717, 1.165) is 11.6 Å². The summed E-state index contributed by atoms with van der Waals surface area (Å²) in [7, 11) is 1.56. The van der Waals surface area contributed by atoms with Crippen molar-refractivity contribution in [2.45, 2.75) is 6.36 Å². The number of hydrogen-bond donors (Lipinski definition) is 1. The summed E-state index contributed by atoms with van der Waals surface area (Å²) in [6, 6.07) is 12.4. The molecule has 0 fully saturated rings. The summed E-state index contributed by atoms with van der Waals surface area (Å²) in [4.78, 5) is 16.6. The minimum absolute atomic E-state index is 0.0904. The van der Waals surface area contributed by atoms with Gasteiger partial charge in [0.25, 0.3) is 5.91 Å². The number of thiazole rings is 1. The van der Waals surface area contributed by atoms with E-state index in [4.69, 9.17) is 4.74 Å². The molecule has 0 aliphatic rings. The Bertz CT molecular complexity index is 940. The quantitative estimate of drug-likeness (QED) is 0.664. The summed E-state index contributed by atoms with van der Waals surface area (Å²) in [6.45, 7) is 0. The second-order valence-electron chi connectivity index (χ2n) is 5.26. The first-order valence-corrected chi connectivity index (χ1v) is 8.50. The SMILES string of the molecule is COc1ccc(-c2nc(C(=O)Nc3ccccc3OC(F)(F)F)cs2)cc1. The third-order valence-electron chi connectivity index (χ3n) is 3.43. The van der Waals surface area contributed by atoms with Crippen LogP contribution in [0, 0.1) is 0 Å². The van der Waals surface area contributed by atoms with Crippen LogP contribution in [0.5, 0.6) is 11.5 Å². The minimum Gasteiger partial charge on any atom is -0.497 e. The third-order valence-corrected chi connectivity index (χ3v) is 4.33. The molecule has 0 atom stereocenters. The Morgan fingerprint density at radius 1 is 1.11 bits per heavy atom. The Balaban J connectivity index is 1.77. The summed E-state index contributed by atoms with van der Waals surface area (Å²) >= 11 is 1.25. The van der Waals surface area contributed by atoms with E-state index in [1.165, 1.54) is 34.9 Å². The minimum atomic E-state index is -4.86. The number of carbonyl (C=O) groups is 1. The van der Waals surface area contributed by atoms with Gasteiger partial charge in [-0.3, -0.25) is 4.79 Å². The van der Waals surface area contributed by atoms with E-state index in [0.29, 0.717) is 10.8 Å². The summed E-state index contributed by atoms with van der Waals surface area (Å²) in [5, 5.41) is 4.52. The maximum Gasteiger partial charge on any atom is 0.573 e. The molecule has 3 aromatic rings. The number of rotatable bonds is 5. The first-order chi connectivity index (χ1) is 12.9. The molecule has 0 unspecified atom stereocenters. The molecule has 1 aromatic heterocycles. The second-order valence-corrected chi connectivity index (χ2v) is 6.12. The van der Waals surface area contributed by atoms with Crippen molar-refractivity contribution >= 4 is 22.9 Å². The van der Waals surface area contributed by atoms with Crippen LogP contribution in [0.1, 0.15) is 10.5 Å². The average Bonchev–Trinajstić information content (AvgIpc) is 3.12. The van der Waals surface area contributed by atoms with Gasteiger partial charge in [0.05, 0.1) is 12.8 Å². The van der Waals surface area contributed by atoms with E-state index in [1.807, 2.05) is 0 Å². The van der Waals surface area contributed by atoms with Crippen molar-refractivity contribution in [3.05, 3.63) is 59.6 Å². The van der Waals surface area contributed by atoms with E-state index in [1.54, 1.807) is 31.4 Å². The Hall–Kier alpha value is -3.07. The molecule has 3 rings (SSSR count). The van der Waals surface area contributed by atoms with Crippen molar-refractivity contribution in [3.8, 4) is 22.1 Å². The zero-order chi connectivity index (χ0) is 19.4. The van der Waals surface area contributed by atoms with Gasteiger partial charge in [-0.1, -0.05) is 12.1 Å². The molecular formula is C18H13F3N2O3S. The normalized spacial score (nSPS) is 11.1. The van der Waals surface area contributed by atoms with Gasteiger partial charge in [-0.2, -0.15) is 0 Å².